The van der Waals surface area contributed by atoms with Crippen LogP contribution in [0.1, 0.15) is 31.7 Å². The van der Waals surface area contributed by atoms with Crippen molar-refractivity contribution in [3.8, 4) is 5.75 Å². The Kier molecular flexibility index (Phi) is 5.93. The van der Waals surface area contributed by atoms with Gasteiger partial charge in [0.2, 0.25) is 0 Å². The molecule has 2 atom stereocenters. The molecule has 1 aliphatic heterocycles. The lowest BCUT2D eigenvalue weighted by atomic mass is 9.96. The molecule has 2 rings (SSSR count). The number of phenolic OH excluding ortho intramolecular Hbond substituents is 1. The monoisotopic (exact) mass is 270 g/mol. The lowest BCUT2D eigenvalue weighted by Crippen LogP contribution is -2.48. The SMILES string of the molecule is CC(N)C1CCCCN1Cc1cccc(O)c1.Cl. The fraction of sp³-hybridized carbons (Fsp3) is 0.571. The fourth-order valence-corrected chi connectivity index (χ4v) is 2.70. The summed E-state index contributed by atoms with van der Waals surface area (Å²) in [7, 11) is 0. The highest BCUT2D eigenvalue weighted by Gasteiger charge is 2.25. The summed E-state index contributed by atoms with van der Waals surface area (Å²) in [5, 5.41) is 9.47. The van der Waals surface area contributed by atoms with E-state index in [1.165, 1.54) is 19.3 Å². The second-order valence-corrected chi connectivity index (χ2v) is 5.06. The van der Waals surface area contributed by atoms with Gasteiger partial charge in [0.15, 0.2) is 0 Å². The van der Waals surface area contributed by atoms with Gasteiger partial charge in [0.25, 0.3) is 0 Å². The van der Waals surface area contributed by atoms with Crippen molar-refractivity contribution in [1.82, 2.24) is 4.90 Å². The number of likely N-dealkylation sites (tertiary alicyclic amines) is 1. The molecular weight excluding hydrogens is 248 g/mol. The molecule has 2 unspecified atom stereocenters. The van der Waals surface area contributed by atoms with Crippen molar-refractivity contribution in [2.45, 2.75) is 44.8 Å². The number of aromatic hydroxyl groups is 1. The normalized spacial score (nSPS) is 22.2. The van der Waals surface area contributed by atoms with Crippen LogP contribution in [0.4, 0.5) is 0 Å². The summed E-state index contributed by atoms with van der Waals surface area (Å²) in [6.07, 6.45) is 3.72. The van der Waals surface area contributed by atoms with Crippen LogP contribution in [-0.2, 0) is 6.54 Å². The van der Waals surface area contributed by atoms with Crippen LogP contribution in [0, 0.1) is 0 Å². The summed E-state index contributed by atoms with van der Waals surface area (Å²) in [6.45, 7) is 4.09. The Balaban J connectivity index is 0.00000162. The van der Waals surface area contributed by atoms with Crippen LogP contribution in [0.25, 0.3) is 0 Å². The summed E-state index contributed by atoms with van der Waals surface area (Å²) in [5.74, 6) is 0.344. The van der Waals surface area contributed by atoms with Gasteiger partial charge in [0.05, 0.1) is 0 Å². The van der Waals surface area contributed by atoms with E-state index in [1.807, 2.05) is 12.1 Å². The molecule has 0 radical (unpaired) electrons. The van der Waals surface area contributed by atoms with Crippen LogP contribution in [0.5, 0.6) is 5.75 Å². The third-order valence-electron chi connectivity index (χ3n) is 3.57. The molecule has 1 aromatic carbocycles. The highest BCUT2D eigenvalue weighted by Crippen LogP contribution is 2.22. The minimum atomic E-state index is 0. The van der Waals surface area contributed by atoms with Crippen LogP contribution in [0.2, 0.25) is 0 Å². The Morgan fingerprint density at radius 1 is 1.44 bits per heavy atom. The maximum Gasteiger partial charge on any atom is 0.115 e. The average molecular weight is 271 g/mol. The first-order chi connectivity index (χ1) is 8.16. The number of nitrogens with zero attached hydrogens (tertiary/aromatic N) is 1. The maximum absolute atomic E-state index is 9.47. The first-order valence-electron chi connectivity index (χ1n) is 6.44. The van der Waals surface area contributed by atoms with E-state index in [9.17, 15) is 5.11 Å². The zero-order valence-corrected chi connectivity index (χ0v) is 11.7. The van der Waals surface area contributed by atoms with Gasteiger partial charge in [0, 0.05) is 18.6 Å². The predicted octanol–water partition coefficient (Wildman–Crippen LogP) is 2.52. The van der Waals surface area contributed by atoms with Crippen LogP contribution in [0.3, 0.4) is 0 Å². The largest absolute Gasteiger partial charge is 0.508 e. The number of piperidine rings is 1. The van der Waals surface area contributed by atoms with Crippen LogP contribution >= 0.6 is 12.4 Å². The minimum absolute atomic E-state index is 0. The summed E-state index contributed by atoms with van der Waals surface area (Å²) < 4.78 is 0. The Morgan fingerprint density at radius 3 is 2.89 bits per heavy atom. The molecular formula is C14H23ClN2O. The van der Waals surface area contributed by atoms with Crippen molar-refractivity contribution in [3.05, 3.63) is 29.8 Å². The molecule has 18 heavy (non-hydrogen) atoms. The molecule has 0 spiro atoms. The smallest absolute Gasteiger partial charge is 0.115 e. The van der Waals surface area contributed by atoms with Gasteiger partial charge in [-0.05, 0) is 44.0 Å². The minimum Gasteiger partial charge on any atom is -0.508 e. The predicted molar refractivity (Wildman–Crippen MR) is 77.1 cm³/mol. The third kappa shape index (κ3) is 3.87. The van der Waals surface area contributed by atoms with E-state index in [0.29, 0.717) is 11.8 Å². The van der Waals surface area contributed by atoms with Crippen molar-refractivity contribution in [2.24, 2.45) is 5.73 Å². The number of hydrogen-bond donors (Lipinski definition) is 2. The van der Waals surface area contributed by atoms with Crippen molar-refractivity contribution in [3.63, 3.8) is 0 Å². The van der Waals surface area contributed by atoms with Gasteiger partial charge in [-0.1, -0.05) is 18.6 Å². The van der Waals surface area contributed by atoms with Gasteiger partial charge in [-0.15, -0.1) is 12.4 Å². The number of hydrogen-bond acceptors (Lipinski definition) is 3. The number of benzene rings is 1. The molecule has 3 nitrogen and oxygen atoms in total. The van der Waals surface area contributed by atoms with Gasteiger partial charge in [-0.25, -0.2) is 0 Å². The van der Waals surface area contributed by atoms with E-state index < -0.39 is 0 Å². The molecule has 102 valence electrons. The van der Waals surface area contributed by atoms with Gasteiger partial charge in [-0.3, -0.25) is 4.90 Å². The van der Waals surface area contributed by atoms with E-state index in [2.05, 4.69) is 17.9 Å². The van der Waals surface area contributed by atoms with Crippen molar-refractivity contribution < 1.29 is 5.11 Å². The van der Waals surface area contributed by atoms with E-state index in [1.54, 1.807) is 6.07 Å². The first kappa shape index (κ1) is 15.3. The molecule has 0 aromatic heterocycles. The Labute approximate surface area is 115 Å². The highest BCUT2D eigenvalue weighted by molar-refractivity contribution is 5.85. The van der Waals surface area contributed by atoms with Gasteiger partial charge >= 0.3 is 0 Å². The fourth-order valence-electron chi connectivity index (χ4n) is 2.70. The van der Waals surface area contributed by atoms with Crippen molar-refractivity contribution in [1.29, 1.82) is 0 Å². The maximum atomic E-state index is 9.47. The van der Waals surface area contributed by atoms with Crippen LogP contribution < -0.4 is 5.73 Å². The Bertz CT molecular complexity index is 371. The first-order valence-corrected chi connectivity index (χ1v) is 6.44. The molecule has 3 N–H and O–H groups in total. The molecule has 1 fully saturated rings. The van der Waals surface area contributed by atoms with Crippen LogP contribution in [-0.4, -0.2) is 28.6 Å². The number of nitrogens with two attached hydrogens (primary N) is 1. The summed E-state index contributed by atoms with van der Waals surface area (Å²) in [4.78, 5) is 2.45. The molecule has 0 aliphatic carbocycles. The second-order valence-electron chi connectivity index (χ2n) is 5.06. The Hall–Kier alpha value is -0.770. The highest BCUT2D eigenvalue weighted by atomic mass is 35.5. The summed E-state index contributed by atoms with van der Waals surface area (Å²) in [5.41, 5.74) is 7.21. The topological polar surface area (TPSA) is 49.5 Å². The van der Waals surface area contributed by atoms with E-state index in [0.717, 1.165) is 18.7 Å². The van der Waals surface area contributed by atoms with Gasteiger partial charge < -0.3 is 10.8 Å². The van der Waals surface area contributed by atoms with Crippen molar-refractivity contribution >= 4 is 12.4 Å². The second kappa shape index (κ2) is 6.98. The molecule has 0 saturated carbocycles. The van der Waals surface area contributed by atoms with Gasteiger partial charge in [0.1, 0.15) is 5.75 Å². The molecule has 1 saturated heterocycles. The third-order valence-corrected chi connectivity index (χ3v) is 3.57. The summed E-state index contributed by atoms with van der Waals surface area (Å²) >= 11 is 0. The molecule has 0 amide bonds. The summed E-state index contributed by atoms with van der Waals surface area (Å²) in [6, 6.07) is 8.20. The lowest BCUT2D eigenvalue weighted by molar-refractivity contribution is 0.123. The van der Waals surface area contributed by atoms with E-state index >= 15 is 0 Å². The number of phenols is 1. The van der Waals surface area contributed by atoms with Crippen LogP contribution in [0.15, 0.2) is 24.3 Å². The average Bonchev–Trinajstić information content (AvgIpc) is 2.29. The van der Waals surface area contributed by atoms with Crippen molar-refractivity contribution in [2.75, 3.05) is 6.54 Å². The molecule has 4 heteroatoms. The van der Waals surface area contributed by atoms with E-state index in [4.69, 9.17) is 5.73 Å². The quantitative estimate of drug-likeness (QED) is 0.887. The Morgan fingerprint density at radius 2 is 2.22 bits per heavy atom. The molecule has 1 heterocycles. The number of halogens is 1. The molecule has 1 aromatic rings. The molecule has 0 bridgehead atoms. The lowest BCUT2D eigenvalue weighted by Gasteiger charge is -2.38. The molecule has 1 aliphatic rings. The zero-order valence-electron chi connectivity index (χ0n) is 10.9. The standard InChI is InChI=1S/C14H22N2O.ClH/c1-11(15)14-7-2-3-8-16(14)10-12-5-4-6-13(17)9-12;/h4-6,9,11,14,17H,2-3,7-8,10,15H2,1H3;1H. The van der Waals surface area contributed by atoms with Gasteiger partial charge in [-0.2, -0.15) is 0 Å². The zero-order chi connectivity index (χ0) is 12.3. The number of rotatable bonds is 3. The van der Waals surface area contributed by atoms with E-state index in [-0.39, 0.29) is 18.4 Å².